The van der Waals surface area contributed by atoms with Crippen LogP contribution in [0.4, 0.5) is 4.79 Å². The van der Waals surface area contributed by atoms with Crippen LogP contribution >= 0.6 is 0 Å². The summed E-state index contributed by atoms with van der Waals surface area (Å²) in [6.45, 7) is 6.46. The molecule has 0 aromatic heterocycles. The largest absolute Gasteiger partial charge is 0.442 e. The molecule has 78 valence electrons. The highest BCUT2D eigenvalue weighted by atomic mass is 16.7. The maximum Gasteiger partial charge on any atom is 0.431 e. The van der Waals surface area contributed by atoms with Crippen molar-refractivity contribution in [3.8, 4) is 0 Å². The highest BCUT2D eigenvalue weighted by Gasteiger charge is 2.15. The van der Waals surface area contributed by atoms with Crippen LogP contribution in [0.5, 0.6) is 0 Å². The number of amides is 1. The van der Waals surface area contributed by atoms with E-state index >= 15 is 0 Å². The van der Waals surface area contributed by atoms with Crippen LogP contribution in [0.15, 0.2) is 0 Å². The lowest BCUT2D eigenvalue weighted by Gasteiger charge is -2.19. The zero-order valence-electron chi connectivity index (χ0n) is 8.64. The summed E-state index contributed by atoms with van der Waals surface area (Å²) >= 11 is 0. The second-order valence-electron chi connectivity index (χ2n) is 3.56. The topological polar surface area (TPSA) is 59.6 Å². The van der Waals surface area contributed by atoms with Gasteiger partial charge in [0.2, 0.25) is 0 Å². The van der Waals surface area contributed by atoms with Crippen molar-refractivity contribution in [1.29, 1.82) is 0 Å². The summed E-state index contributed by atoms with van der Waals surface area (Å²) in [5.74, 6) is 0. The van der Waals surface area contributed by atoms with Crippen molar-refractivity contribution >= 4 is 6.09 Å². The number of hydroxylamine groups is 1. The molecule has 0 saturated carbocycles. The van der Waals surface area contributed by atoms with Gasteiger partial charge < -0.3 is 10.1 Å². The van der Waals surface area contributed by atoms with Crippen LogP contribution in [-0.2, 0) is 9.57 Å². The molecule has 0 atom stereocenters. The van der Waals surface area contributed by atoms with E-state index < -0.39 is 11.7 Å². The van der Waals surface area contributed by atoms with Crippen LogP contribution in [0.25, 0.3) is 0 Å². The molecule has 2 N–H and O–H groups in total. The Balaban J connectivity index is 3.41. The first-order valence-corrected chi connectivity index (χ1v) is 4.21. The van der Waals surface area contributed by atoms with Gasteiger partial charge >= 0.3 is 6.09 Å². The van der Waals surface area contributed by atoms with E-state index in [2.05, 4.69) is 10.8 Å². The Morgan fingerprint density at radius 2 is 2.00 bits per heavy atom. The van der Waals surface area contributed by atoms with E-state index in [1.54, 1.807) is 27.8 Å². The van der Waals surface area contributed by atoms with E-state index in [4.69, 9.17) is 9.57 Å². The van der Waals surface area contributed by atoms with E-state index in [9.17, 15) is 4.79 Å². The van der Waals surface area contributed by atoms with Crippen molar-refractivity contribution in [2.24, 2.45) is 0 Å². The fourth-order valence-electron chi connectivity index (χ4n) is 0.562. The smallest absolute Gasteiger partial charge is 0.431 e. The first-order chi connectivity index (χ1) is 5.95. The summed E-state index contributed by atoms with van der Waals surface area (Å²) in [5, 5.41) is 2.87. The second kappa shape index (κ2) is 5.77. The number of nitrogens with one attached hydrogen (secondary N) is 2. The van der Waals surface area contributed by atoms with Gasteiger partial charge in [-0.15, -0.1) is 0 Å². The Labute approximate surface area is 78.7 Å². The average molecular weight is 190 g/mol. The number of hydrogen-bond donors (Lipinski definition) is 2. The number of likely N-dealkylation sites (N-methyl/N-ethyl adjacent to an activating group) is 1. The summed E-state index contributed by atoms with van der Waals surface area (Å²) in [6.07, 6.45) is -0.566. The van der Waals surface area contributed by atoms with Crippen molar-refractivity contribution < 1.29 is 14.4 Å². The van der Waals surface area contributed by atoms with Crippen LogP contribution < -0.4 is 10.8 Å². The Hall–Kier alpha value is -0.810. The van der Waals surface area contributed by atoms with Crippen molar-refractivity contribution in [2.75, 3.05) is 20.2 Å². The van der Waals surface area contributed by atoms with Gasteiger partial charge in [-0.2, -0.15) is 5.48 Å². The lowest BCUT2D eigenvalue weighted by molar-refractivity contribution is -0.00646. The minimum atomic E-state index is -0.566. The van der Waals surface area contributed by atoms with Gasteiger partial charge in [-0.1, -0.05) is 0 Å². The monoisotopic (exact) mass is 190 g/mol. The molecule has 0 fully saturated rings. The molecule has 0 rings (SSSR count). The number of ether oxygens (including phenoxy) is 1. The average Bonchev–Trinajstić information content (AvgIpc) is 1.94. The molecule has 0 bridgehead atoms. The molecule has 1 amide bonds. The number of carbonyl (C=O) groups excluding carboxylic acids is 1. The van der Waals surface area contributed by atoms with E-state index in [1.807, 2.05) is 0 Å². The third-order valence-corrected chi connectivity index (χ3v) is 1.01. The number of rotatable bonds is 4. The third kappa shape index (κ3) is 9.10. The molecule has 0 aliphatic rings. The Kier molecular flexibility index (Phi) is 5.41. The van der Waals surface area contributed by atoms with E-state index in [1.165, 1.54) is 0 Å². The van der Waals surface area contributed by atoms with Gasteiger partial charge in [-0.25, -0.2) is 4.79 Å². The predicted molar refractivity (Wildman–Crippen MR) is 49.2 cm³/mol. The van der Waals surface area contributed by atoms with Gasteiger partial charge in [0.15, 0.2) is 0 Å². The molecule has 0 aliphatic heterocycles. The second-order valence-corrected chi connectivity index (χ2v) is 3.56. The van der Waals surface area contributed by atoms with Gasteiger partial charge in [-0.3, -0.25) is 4.84 Å². The van der Waals surface area contributed by atoms with Crippen molar-refractivity contribution in [1.82, 2.24) is 10.8 Å². The quantitative estimate of drug-likeness (QED) is 0.505. The van der Waals surface area contributed by atoms with Crippen LogP contribution in [0, 0.1) is 0 Å². The summed E-state index contributed by atoms with van der Waals surface area (Å²) in [4.78, 5) is 15.7. The van der Waals surface area contributed by atoms with E-state index in [0.717, 1.165) is 0 Å². The molecule has 0 spiro atoms. The minimum Gasteiger partial charge on any atom is -0.442 e. The van der Waals surface area contributed by atoms with Gasteiger partial charge in [0.25, 0.3) is 0 Å². The highest BCUT2D eigenvalue weighted by Crippen LogP contribution is 2.05. The first kappa shape index (κ1) is 12.2. The Morgan fingerprint density at radius 3 is 2.46 bits per heavy atom. The maximum atomic E-state index is 10.9. The predicted octanol–water partition coefficient (Wildman–Crippen LogP) is 0.662. The standard InChI is InChI=1S/C8H18N2O3/c1-8(2,3)13-7(11)10-12-6-5-9-4/h9H,5-6H2,1-4H3,(H,10,11). The highest BCUT2D eigenvalue weighted by molar-refractivity contribution is 5.66. The van der Waals surface area contributed by atoms with Gasteiger partial charge in [-0.05, 0) is 27.8 Å². The number of hydrogen-bond acceptors (Lipinski definition) is 4. The summed E-state index contributed by atoms with van der Waals surface area (Å²) in [5.41, 5.74) is 1.68. The molecule has 0 aromatic carbocycles. The first-order valence-electron chi connectivity index (χ1n) is 4.21. The summed E-state index contributed by atoms with van der Waals surface area (Å²) < 4.78 is 4.92. The molecular formula is C8H18N2O3. The van der Waals surface area contributed by atoms with E-state index in [0.29, 0.717) is 13.2 Å². The Morgan fingerprint density at radius 1 is 1.38 bits per heavy atom. The van der Waals surface area contributed by atoms with Gasteiger partial charge in [0, 0.05) is 6.54 Å². The van der Waals surface area contributed by atoms with Crippen molar-refractivity contribution in [2.45, 2.75) is 26.4 Å². The molecule has 0 radical (unpaired) electrons. The van der Waals surface area contributed by atoms with Crippen molar-refractivity contribution in [3.63, 3.8) is 0 Å². The summed E-state index contributed by atoms with van der Waals surface area (Å²) in [6, 6.07) is 0. The van der Waals surface area contributed by atoms with Crippen molar-refractivity contribution in [3.05, 3.63) is 0 Å². The molecule has 0 saturated heterocycles. The molecular weight excluding hydrogens is 172 g/mol. The molecule has 0 unspecified atom stereocenters. The minimum absolute atomic E-state index is 0.412. The lowest BCUT2D eigenvalue weighted by Crippen LogP contribution is -2.33. The fraction of sp³-hybridized carbons (Fsp3) is 0.875. The maximum absolute atomic E-state index is 10.9. The number of carbonyl (C=O) groups is 1. The van der Waals surface area contributed by atoms with Crippen LogP contribution in [0.3, 0.4) is 0 Å². The molecule has 0 aromatic rings. The SMILES string of the molecule is CNCCONC(=O)OC(C)(C)C. The normalized spacial score (nSPS) is 11.1. The summed E-state index contributed by atoms with van der Waals surface area (Å²) in [7, 11) is 1.80. The molecule has 13 heavy (non-hydrogen) atoms. The van der Waals surface area contributed by atoms with Crippen LogP contribution in [0.2, 0.25) is 0 Å². The zero-order chi connectivity index (χ0) is 10.3. The zero-order valence-corrected chi connectivity index (χ0v) is 8.64. The van der Waals surface area contributed by atoms with Crippen LogP contribution in [0.1, 0.15) is 20.8 Å². The molecule has 0 aliphatic carbocycles. The molecule has 5 heteroatoms. The third-order valence-electron chi connectivity index (χ3n) is 1.01. The van der Waals surface area contributed by atoms with Crippen LogP contribution in [-0.4, -0.2) is 31.9 Å². The molecule has 0 heterocycles. The van der Waals surface area contributed by atoms with Gasteiger partial charge in [0.05, 0.1) is 6.61 Å². The fourth-order valence-corrected chi connectivity index (χ4v) is 0.562. The molecule has 5 nitrogen and oxygen atoms in total. The lowest BCUT2D eigenvalue weighted by atomic mass is 10.2. The Bertz CT molecular complexity index is 154. The van der Waals surface area contributed by atoms with E-state index in [-0.39, 0.29) is 0 Å². The van der Waals surface area contributed by atoms with Gasteiger partial charge in [0.1, 0.15) is 5.60 Å².